The van der Waals surface area contributed by atoms with Crippen molar-refractivity contribution in [3.05, 3.63) is 0 Å². The van der Waals surface area contributed by atoms with Crippen LogP contribution in [0.25, 0.3) is 0 Å². The van der Waals surface area contributed by atoms with Crippen LogP contribution in [-0.2, 0) is 14.3 Å². The van der Waals surface area contributed by atoms with E-state index in [-0.39, 0.29) is 18.0 Å². The Morgan fingerprint density at radius 3 is 1.23 bits per heavy atom. The molecule has 4 heteroatoms. The van der Waals surface area contributed by atoms with Crippen molar-refractivity contribution >= 4 is 11.9 Å². The highest BCUT2D eigenvalue weighted by molar-refractivity contribution is 5.70. The molecule has 0 spiro atoms. The van der Waals surface area contributed by atoms with Crippen molar-refractivity contribution < 1.29 is 19.4 Å². The van der Waals surface area contributed by atoms with Gasteiger partial charge in [-0.3, -0.25) is 9.59 Å². The van der Waals surface area contributed by atoms with Gasteiger partial charge < -0.3 is 9.84 Å². The number of unbranched alkanes of at least 4 members (excludes halogenated alkanes) is 16. The zero-order valence-corrected chi connectivity index (χ0v) is 23.8. The van der Waals surface area contributed by atoms with Gasteiger partial charge in [0.25, 0.3) is 0 Å². The summed E-state index contributed by atoms with van der Waals surface area (Å²) in [5.41, 5.74) is -0.315. The van der Waals surface area contributed by atoms with Gasteiger partial charge in [0.15, 0.2) is 0 Å². The number of esters is 1. The van der Waals surface area contributed by atoms with E-state index in [9.17, 15) is 9.59 Å². The monoisotopic (exact) mass is 496 g/mol. The highest BCUT2D eigenvalue weighted by Crippen LogP contribution is 2.33. The SMILES string of the molecule is CCCCCCCCCCC(CCCCCCC)(CCCCCCC)OC(=O)CCCCC(=O)O. The second-order valence-corrected chi connectivity index (χ2v) is 10.8. The number of carbonyl (C=O) groups excluding carboxylic acids is 1. The van der Waals surface area contributed by atoms with Crippen molar-refractivity contribution in [1.82, 2.24) is 0 Å². The molecule has 0 saturated heterocycles. The Morgan fingerprint density at radius 1 is 0.514 bits per heavy atom. The molecule has 0 saturated carbocycles. The Kier molecular flexibility index (Phi) is 23.9. The van der Waals surface area contributed by atoms with E-state index in [0.29, 0.717) is 19.3 Å². The van der Waals surface area contributed by atoms with Crippen molar-refractivity contribution in [2.24, 2.45) is 0 Å². The first kappa shape index (κ1) is 33.9. The first-order chi connectivity index (χ1) is 17.0. The largest absolute Gasteiger partial charge is 0.481 e. The lowest BCUT2D eigenvalue weighted by Crippen LogP contribution is -2.35. The van der Waals surface area contributed by atoms with Crippen LogP contribution in [0, 0.1) is 0 Å². The summed E-state index contributed by atoms with van der Waals surface area (Å²) in [6, 6.07) is 0. The summed E-state index contributed by atoms with van der Waals surface area (Å²) in [5, 5.41) is 8.87. The smallest absolute Gasteiger partial charge is 0.306 e. The molecule has 208 valence electrons. The van der Waals surface area contributed by atoms with Crippen LogP contribution >= 0.6 is 0 Å². The zero-order valence-electron chi connectivity index (χ0n) is 23.8. The summed E-state index contributed by atoms with van der Waals surface area (Å²) in [6.45, 7) is 6.75. The van der Waals surface area contributed by atoms with Crippen molar-refractivity contribution in [3.8, 4) is 0 Å². The average molecular weight is 497 g/mol. The van der Waals surface area contributed by atoms with Gasteiger partial charge in [-0.05, 0) is 51.4 Å². The number of hydrogen-bond donors (Lipinski definition) is 1. The number of hydrogen-bond acceptors (Lipinski definition) is 3. The third-order valence-electron chi connectivity index (χ3n) is 7.31. The number of carbonyl (C=O) groups is 2. The van der Waals surface area contributed by atoms with E-state index < -0.39 is 5.97 Å². The van der Waals surface area contributed by atoms with Crippen LogP contribution in [0.2, 0.25) is 0 Å². The molecule has 0 radical (unpaired) electrons. The van der Waals surface area contributed by atoms with Gasteiger partial charge in [0, 0.05) is 12.8 Å². The van der Waals surface area contributed by atoms with Gasteiger partial charge in [-0.15, -0.1) is 0 Å². The molecule has 0 aliphatic rings. The molecule has 0 aliphatic heterocycles. The summed E-state index contributed by atoms with van der Waals surface area (Å²) >= 11 is 0. The summed E-state index contributed by atoms with van der Waals surface area (Å²) in [5.74, 6) is -0.904. The molecule has 0 rings (SSSR count). The maximum absolute atomic E-state index is 12.8. The fourth-order valence-electron chi connectivity index (χ4n) is 5.05. The summed E-state index contributed by atoms with van der Waals surface area (Å²) in [6.07, 6.45) is 27.2. The minimum Gasteiger partial charge on any atom is -0.481 e. The Morgan fingerprint density at radius 2 is 0.857 bits per heavy atom. The molecule has 0 aromatic heterocycles. The van der Waals surface area contributed by atoms with Crippen LogP contribution in [-0.4, -0.2) is 22.6 Å². The third-order valence-corrected chi connectivity index (χ3v) is 7.31. The molecular formula is C31H60O4. The topological polar surface area (TPSA) is 63.6 Å². The minimum absolute atomic E-state index is 0.114. The van der Waals surface area contributed by atoms with Crippen LogP contribution in [0.5, 0.6) is 0 Å². The van der Waals surface area contributed by atoms with Gasteiger partial charge in [-0.25, -0.2) is 0 Å². The Balaban J connectivity index is 4.94. The first-order valence-corrected chi connectivity index (χ1v) is 15.4. The predicted molar refractivity (Wildman–Crippen MR) is 149 cm³/mol. The lowest BCUT2D eigenvalue weighted by atomic mass is 9.84. The molecule has 0 aliphatic carbocycles. The molecular weight excluding hydrogens is 436 g/mol. The molecule has 0 atom stereocenters. The van der Waals surface area contributed by atoms with Gasteiger partial charge in [0.2, 0.25) is 0 Å². The maximum atomic E-state index is 12.8. The molecule has 4 nitrogen and oxygen atoms in total. The molecule has 35 heavy (non-hydrogen) atoms. The zero-order chi connectivity index (χ0) is 26.0. The van der Waals surface area contributed by atoms with E-state index in [0.717, 1.165) is 38.5 Å². The standard InChI is InChI=1S/C31H60O4/c1-4-7-10-13-14-15-18-23-28-31(26-21-16-11-8-5-2,27-22-17-12-9-6-3)35-30(34)25-20-19-24-29(32)33/h4-28H2,1-3H3,(H,32,33). The van der Waals surface area contributed by atoms with E-state index in [4.69, 9.17) is 9.84 Å². The van der Waals surface area contributed by atoms with Gasteiger partial charge >= 0.3 is 11.9 Å². The van der Waals surface area contributed by atoms with Crippen molar-refractivity contribution in [1.29, 1.82) is 0 Å². The van der Waals surface area contributed by atoms with Crippen LogP contribution < -0.4 is 0 Å². The molecule has 0 heterocycles. The van der Waals surface area contributed by atoms with E-state index in [1.807, 2.05) is 0 Å². The average Bonchev–Trinajstić information content (AvgIpc) is 2.83. The molecule has 0 fully saturated rings. The van der Waals surface area contributed by atoms with Crippen molar-refractivity contribution in [2.45, 2.75) is 187 Å². The summed E-state index contributed by atoms with van der Waals surface area (Å²) < 4.78 is 6.33. The van der Waals surface area contributed by atoms with Gasteiger partial charge in [0.05, 0.1) is 0 Å². The highest BCUT2D eigenvalue weighted by atomic mass is 16.6. The summed E-state index contributed by atoms with van der Waals surface area (Å²) in [7, 11) is 0. The Labute approximate surface area is 218 Å². The van der Waals surface area contributed by atoms with Gasteiger partial charge in [0.1, 0.15) is 5.60 Å². The molecule has 0 unspecified atom stereocenters. The Bertz CT molecular complexity index is 474. The van der Waals surface area contributed by atoms with Crippen LogP contribution in [0.3, 0.4) is 0 Å². The molecule has 0 aromatic carbocycles. The number of ether oxygens (including phenoxy) is 1. The fourth-order valence-corrected chi connectivity index (χ4v) is 5.05. The highest BCUT2D eigenvalue weighted by Gasteiger charge is 2.32. The molecule has 1 N–H and O–H groups in total. The molecule has 0 aromatic rings. The summed E-state index contributed by atoms with van der Waals surface area (Å²) in [4.78, 5) is 23.6. The van der Waals surface area contributed by atoms with Crippen LogP contribution in [0.4, 0.5) is 0 Å². The number of carboxylic acid groups (broad SMARTS) is 1. The predicted octanol–water partition coefficient (Wildman–Crippen LogP) is 10.2. The van der Waals surface area contributed by atoms with Crippen molar-refractivity contribution in [2.75, 3.05) is 0 Å². The number of aliphatic carboxylic acids is 1. The minimum atomic E-state index is -0.790. The van der Waals surface area contributed by atoms with Gasteiger partial charge in [-0.2, -0.15) is 0 Å². The Hall–Kier alpha value is -1.06. The lowest BCUT2D eigenvalue weighted by Gasteiger charge is -2.34. The van der Waals surface area contributed by atoms with Gasteiger partial charge in [-0.1, -0.05) is 117 Å². The lowest BCUT2D eigenvalue weighted by molar-refractivity contribution is -0.163. The second-order valence-electron chi connectivity index (χ2n) is 10.8. The molecule has 0 bridgehead atoms. The van der Waals surface area contributed by atoms with E-state index in [2.05, 4.69) is 20.8 Å². The normalized spacial score (nSPS) is 11.6. The first-order valence-electron chi connectivity index (χ1n) is 15.4. The second kappa shape index (κ2) is 24.6. The fraction of sp³-hybridized carbons (Fsp3) is 0.935. The number of carboxylic acids is 1. The van der Waals surface area contributed by atoms with E-state index in [1.165, 1.54) is 96.3 Å². The van der Waals surface area contributed by atoms with Crippen molar-refractivity contribution in [3.63, 3.8) is 0 Å². The van der Waals surface area contributed by atoms with Crippen LogP contribution in [0.15, 0.2) is 0 Å². The quantitative estimate of drug-likeness (QED) is 0.0907. The van der Waals surface area contributed by atoms with E-state index >= 15 is 0 Å². The van der Waals surface area contributed by atoms with E-state index in [1.54, 1.807) is 0 Å². The molecule has 0 amide bonds. The maximum Gasteiger partial charge on any atom is 0.306 e. The van der Waals surface area contributed by atoms with Crippen LogP contribution in [0.1, 0.15) is 181 Å². The number of rotatable bonds is 27. The third kappa shape index (κ3) is 21.9.